The summed E-state index contributed by atoms with van der Waals surface area (Å²) in [6.07, 6.45) is -1.21. The van der Waals surface area contributed by atoms with Gasteiger partial charge in [-0.15, -0.1) is 0 Å². The minimum Gasteiger partial charge on any atom is -0.398 e. The van der Waals surface area contributed by atoms with Crippen molar-refractivity contribution in [1.29, 1.82) is 0 Å². The lowest BCUT2D eigenvalue weighted by atomic mass is 10.3. The number of nitrogens with one attached hydrogen (secondary N) is 1. The minimum atomic E-state index is -4.77. The van der Waals surface area contributed by atoms with Crippen LogP contribution in [0.1, 0.15) is 0 Å². The van der Waals surface area contributed by atoms with Crippen LogP contribution >= 0.6 is 0 Å². The summed E-state index contributed by atoms with van der Waals surface area (Å²) in [5.74, 6) is -1.76. The first-order valence-corrected chi connectivity index (χ1v) is 13.3. The standard InChI is InChI=1S/C14H19FN6O9S3/c1-21(4-6-31(22,23)7-5-30-33(27,28)29)14-19-12(15)18-13(20-14)17-9-2-3-11(10(16)8-9)32(24,25)26/h2-3,8H,4-7,16H2,1H3,(H,24,25,26)(H,27,28,29)(H,17,18,19,20). The third-order valence-electron chi connectivity index (χ3n) is 3.85. The first-order chi connectivity index (χ1) is 15.1. The summed E-state index contributed by atoms with van der Waals surface area (Å²) in [6.45, 7) is -0.994. The van der Waals surface area contributed by atoms with Crippen LogP contribution in [-0.2, 0) is 34.5 Å². The normalized spacial score (nSPS) is 12.5. The number of sulfone groups is 1. The molecule has 0 aliphatic carbocycles. The van der Waals surface area contributed by atoms with Gasteiger partial charge in [-0.2, -0.15) is 36.2 Å². The van der Waals surface area contributed by atoms with Crippen molar-refractivity contribution in [3.8, 4) is 0 Å². The van der Waals surface area contributed by atoms with Crippen LogP contribution in [0.3, 0.4) is 0 Å². The predicted molar refractivity (Wildman–Crippen MR) is 113 cm³/mol. The molecule has 5 N–H and O–H groups in total. The van der Waals surface area contributed by atoms with Gasteiger partial charge >= 0.3 is 16.5 Å². The number of nitrogen functional groups attached to an aromatic ring is 1. The molecule has 2 rings (SSSR count). The smallest absolute Gasteiger partial charge is 0.397 e. The van der Waals surface area contributed by atoms with Gasteiger partial charge in [-0.05, 0) is 18.2 Å². The molecule has 2 aromatic rings. The van der Waals surface area contributed by atoms with E-state index in [0.717, 1.165) is 12.1 Å². The summed E-state index contributed by atoms with van der Waals surface area (Å²) in [6, 6.07) is 3.36. The van der Waals surface area contributed by atoms with Gasteiger partial charge in [0.1, 0.15) is 4.90 Å². The molecule has 1 aromatic heterocycles. The van der Waals surface area contributed by atoms with Gasteiger partial charge in [-0.25, -0.2) is 12.6 Å². The Morgan fingerprint density at radius 2 is 1.76 bits per heavy atom. The van der Waals surface area contributed by atoms with E-state index in [2.05, 4.69) is 24.5 Å². The Hall–Kier alpha value is -2.71. The molecule has 184 valence electrons. The van der Waals surface area contributed by atoms with Gasteiger partial charge in [0.25, 0.3) is 10.1 Å². The topological polar surface area (TPSA) is 232 Å². The van der Waals surface area contributed by atoms with Crippen LogP contribution in [0.4, 0.5) is 27.7 Å². The highest BCUT2D eigenvalue weighted by atomic mass is 32.3. The van der Waals surface area contributed by atoms with E-state index >= 15 is 0 Å². The summed E-state index contributed by atoms with van der Waals surface area (Å²) in [7, 11) is -11.7. The first kappa shape index (κ1) is 26.5. The number of benzene rings is 1. The first-order valence-electron chi connectivity index (χ1n) is 8.65. The van der Waals surface area contributed by atoms with E-state index in [-0.39, 0.29) is 29.8 Å². The van der Waals surface area contributed by atoms with Crippen LogP contribution in [0.5, 0.6) is 0 Å². The molecule has 0 unspecified atom stereocenters. The van der Waals surface area contributed by atoms with Gasteiger partial charge in [-0.3, -0.25) is 9.11 Å². The number of hydrogen-bond donors (Lipinski definition) is 4. The van der Waals surface area contributed by atoms with Crippen LogP contribution in [0.25, 0.3) is 0 Å². The second-order valence-electron chi connectivity index (χ2n) is 6.40. The molecule has 0 saturated carbocycles. The number of aromatic nitrogens is 3. The Morgan fingerprint density at radius 3 is 2.33 bits per heavy atom. The number of rotatable bonds is 11. The quantitative estimate of drug-likeness (QED) is 0.207. The largest absolute Gasteiger partial charge is 0.398 e. The molecule has 0 fully saturated rings. The summed E-state index contributed by atoms with van der Waals surface area (Å²) in [4.78, 5) is 11.5. The van der Waals surface area contributed by atoms with Crippen LogP contribution < -0.4 is 16.0 Å². The van der Waals surface area contributed by atoms with E-state index in [1.807, 2.05) is 0 Å². The molecule has 0 saturated heterocycles. The summed E-state index contributed by atoms with van der Waals surface area (Å²) in [5, 5.41) is 2.57. The Labute approximate surface area is 188 Å². The third kappa shape index (κ3) is 8.63. The highest BCUT2D eigenvalue weighted by Gasteiger charge is 2.18. The second kappa shape index (κ2) is 10.1. The molecule has 1 aromatic carbocycles. The highest BCUT2D eigenvalue weighted by Crippen LogP contribution is 2.24. The zero-order valence-corrected chi connectivity index (χ0v) is 19.2. The molecule has 33 heavy (non-hydrogen) atoms. The molecule has 15 nitrogen and oxygen atoms in total. The zero-order chi connectivity index (χ0) is 25.0. The van der Waals surface area contributed by atoms with E-state index < -0.39 is 59.4 Å². The SMILES string of the molecule is CN(CCS(=O)(=O)CCOS(=O)(=O)O)c1nc(F)nc(Nc2ccc(S(=O)(=O)O)c(N)c2)n1. The molecule has 0 aliphatic heterocycles. The summed E-state index contributed by atoms with van der Waals surface area (Å²) in [5.41, 5.74) is 5.44. The van der Waals surface area contributed by atoms with Crippen LogP contribution in [0, 0.1) is 6.08 Å². The molecule has 19 heteroatoms. The molecule has 0 aliphatic rings. The fourth-order valence-corrected chi connectivity index (χ4v) is 4.39. The molecule has 1 heterocycles. The lowest BCUT2D eigenvalue weighted by molar-refractivity contribution is 0.284. The number of nitrogens with two attached hydrogens (primary N) is 1. The van der Waals surface area contributed by atoms with Gasteiger partial charge in [0.15, 0.2) is 9.84 Å². The Balaban J connectivity index is 2.09. The molecular formula is C14H19FN6O9S3. The number of anilines is 4. The van der Waals surface area contributed by atoms with E-state index in [1.54, 1.807) is 0 Å². The van der Waals surface area contributed by atoms with Crippen molar-refractivity contribution < 1.29 is 42.9 Å². The van der Waals surface area contributed by atoms with Gasteiger partial charge in [0, 0.05) is 19.3 Å². The lowest BCUT2D eigenvalue weighted by Gasteiger charge is -2.17. The van der Waals surface area contributed by atoms with E-state index in [9.17, 15) is 29.6 Å². The molecule has 0 atom stereocenters. The minimum absolute atomic E-state index is 0.153. The maximum Gasteiger partial charge on any atom is 0.397 e. The van der Waals surface area contributed by atoms with Crippen molar-refractivity contribution in [1.82, 2.24) is 15.0 Å². The van der Waals surface area contributed by atoms with Gasteiger partial charge < -0.3 is 16.0 Å². The van der Waals surface area contributed by atoms with Crippen molar-refractivity contribution >= 4 is 53.6 Å². The van der Waals surface area contributed by atoms with Gasteiger partial charge in [-0.1, -0.05) is 0 Å². The van der Waals surface area contributed by atoms with Crippen molar-refractivity contribution in [2.45, 2.75) is 4.90 Å². The van der Waals surface area contributed by atoms with E-state index in [4.69, 9.17) is 14.8 Å². The molecule has 0 bridgehead atoms. The second-order valence-corrected chi connectivity index (χ2v) is 11.2. The predicted octanol–water partition coefficient (Wildman–Crippen LogP) is -0.746. The maximum absolute atomic E-state index is 13.9. The van der Waals surface area contributed by atoms with Crippen LogP contribution in [0.15, 0.2) is 23.1 Å². The lowest BCUT2D eigenvalue weighted by Crippen LogP contribution is -2.29. The number of nitrogens with zero attached hydrogens (tertiary/aromatic N) is 4. The molecule has 0 radical (unpaired) electrons. The summed E-state index contributed by atoms with van der Waals surface area (Å²) >= 11 is 0. The molecule has 0 amide bonds. The van der Waals surface area contributed by atoms with Crippen molar-refractivity contribution in [2.75, 3.05) is 47.7 Å². The Kier molecular flexibility index (Phi) is 8.09. The van der Waals surface area contributed by atoms with E-state index in [0.29, 0.717) is 0 Å². The average Bonchev–Trinajstić information content (AvgIpc) is 2.63. The van der Waals surface area contributed by atoms with Crippen molar-refractivity contribution in [2.24, 2.45) is 0 Å². The number of halogens is 1. The summed E-state index contributed by atoms with van der Waals surface area (Å²) < 4.78 is 103. The van der Waals surface area contributed by atoms with Crippen LogP contribution in [0.2, 0.25) is 0 Å². The van der Waals surface area contributed by atoms with Gasteiger partial charge in [0.05, 0.1) is 23.8 Å². The fraction of sp³-hybridized carbons (Fsp3) is 0.357. The van der Waals surface area contributed by atoms with Crippen molar-refractivity contribution in [3.05, 3.63) is 24.3 Å². The third-order valence-corrected chi connectivity index (χ3v) is 6.83. The van der Waals surface area contributed by atoms with Crippen LogP contribution in [-0.4, -0.2) is 81.0 Å². The van der Waals surface area contributed by atoms with Crippen molar-refractivity contribution in [3.63, 3.8) is 0 Å². The Bertz CT molecular complexity index is 1340. The molecular weight excluding hydrogens is 511 g/mol. The average molecular weight is 531 g/mol. The zero-order valence-electron chi connectivity index (χ0n) is 16.8. The highest BCUT2D eigenvalue weighted by molar-refractivity contribution is 7.91. The Morgan fingerprint density at radius 1 is 1.09 bits per heavy atom. The maximum atomic E-state index is 13.9. The molecule has 0 spiro atoms. The van der Waals surface area contributed by atoms with Gasteiger partial charge in [0.2, 0.25) is 11.9 Å². The number of hydrogen-bond acceptors (Lipinski definition) is 13. The monoisotopic (exact) mass is 530 g/mol. The fourth-order valence-electron chi connectivity index (χ4n) is 2.30. The van der Waals surface area contributed by atoms with E-state index in [1.165, 1.54) is 18.0 Å².